The first-order valence-corrected chi connectivity index (χ1v) is 7.80. The van der Waals surface area contributed by atoms with Crippen molar-refractivity contribution >= 4 is 17.8 Å². The van der Waals surface area contributed by atoms with E-state index in [0.717, 1.165) is 30.6 Å². The van der Waals surface area contributed by atoms with Gasteiger partial charge >= 0.3 is 6.03 Å². The van der Waals surface area contributed by atoms with Crippen molar-refractivity contribution in [2.24, 2.45) is 5.92 Å². The van der Waals surface area contributed by atoms with Crippen LogP contribution in [0.15, 0.2) is 0 Å². The van der Waals surface area contributed by atoms with Gasteiger partial charge in [0.25, 0.3) is 5.91 Å². The lowest BCUT2D eigenvalue weighted by Crippen LogP contribution is -2.48. The highest BCUT2D eigenvalue weighted by molar-refractivity contribution is 6.09. The van der Waals surface area contributed by atoms with Gasteiger partial charge in [-0.25, -0.2) is 4.79 Å². The van der Waals surface area contributed by atoms with E-state index in [0.29, 0.717) is 0 Å². The number of nitrogens with one attached hydrogen (secondary N) is 1. The summed E-state index contributed by atoms with van der Waals surface area (Å²) in [6, 6.07) is -0.0454. The number of amides is 4. The van der Waals surface area contributed by atoms with E-state index >= 15 is 0 Å². The first kappa shape index (κ1) is 14.4. The maximum absolute atomic E-state index is 12.5. The number of carbonyl (C=O) groups is 3. The van der Waals surface area contributed by atoms with Crippen LogP contribution in [0.2, 0.25) is 0 Å². The van der Waals surface area contributed by atoms with Crippen molar-refractivity contribution in [3.05, 3.63) is 0 Å². The standard InChI is InChI=1S/C15H23N3O3/c1-9(2)18(11-6-7-11)12(19)8-17-13(20)15(3,10-4-5-10)16-14(17)21/h9-11H,4-8H2,1-3H3,(H,16,21). The summed E-state index contributed by atoms with van der Waals surface area (Å²) in [7, 11) is 0. The van der Waals surface area contributed by atoms with Gasteiger partial charge in [-0.2, -0.15) is 0 Å². The van der Waals surface area contributed by atoms with Crippen LogP contribution in [0.3, 0.4) is 0 Å². The van der Waals surface area contributed by atoms with Gasteiger partial charge in [-0.1, -0.05) is 0 Å². The molecule has 0 radical (unpaired) electrons. The van der Waals surface area contributed by atoms with Gasteiger partial charge < -0.3 is 10.2 Å². The fraction of sp³-hybridized carbons (Fsp3) is 0.800. The van der Waals surface area contributed by atoms with Crippen LogP contribution in [-0.2, 0) is 9.59 Å². The average Bonchev–Trinajstić information content (AvgIpc) is 3.25. The topological polar surface area (TPSA) is 69.7 Å². The summed E-state index contributed by atoms with van der Waals surface area (Å²) < 4.78 is 0. The molecule has 6 heteroatoms. The number of hydrogen-bond donors (Lipinski definition) is 1. The van der Waals surface area contributed by atoms with E-state index in [4.69, 9.17) is 0 Å². The third-order valence-corrected chi connectivity index (χ3v) is 4.77. The molecule has 2 saturated carbocycles. The molecule has 2 aliphatic carbocycles. The molecule has 21 heavy (non-hydrogen) atoms. The molecule has 4 amide bonds. The Morgan fingerprint density at radius 3 is 2.43 bits per heavy atom. The maximum atomic E-state index is 12.5. The van der Waals surface area contributed by atoms with Gasteiger partial charge in [0, 0.05) is 12.1 Å². The zero-order valence-corrected chi connectivity index (χ0v) is 12.9. The molecule has 1 N–H and O–H groups in total. The zero-order valence-electron chi connectivity index (χ0n) is 12.9. The quantitative estimate of drug-likeness (QED) is 0.772. The Morgan fingerprint density at radius 2 is 1.95 bits per heavy atom. The molecule has 1 atom stereocenters. The lowest BCUT2D eigenvalue weighted by Gasteiger charge is -2.28. The third kappa shape index (κ3) is 2.40. The van der Waals surface area contributed by atoms with Crippen molar-refractivity contribution < 1.29 is 14.4 Å². The number of nitrogens with zero attached hydrogens (tertiary/aromatic N) is 2. The molecular formula is C15H23N3O3. The molecule has 0 aromatic carbocycles. The van der Waals surface area contributed by atoms with Crippen LogP contribution in [0, 0.1) is 5.92 Å². The predicted molar refractivity (Wildman–Crippen MR) is 76.4 cm³/mol. The monoisotopic (exact) mass is 293 g/mol. The minimum absolute atomic E-state index is 0.0978. The van der Waals surface area contributed by atoms with Crippen molar-refractivity contribution in [3.8, 4) is 0 Å². The lowest BCUT2D eigenvalue weighted by atomic mass is 9.96. The number of urea groups is 1. The van der Waals surface area contributed by atoms with Gasteiger partial charge in [-0.3, -0.25) is 14.5 Å². The van der Waals surface area contributed by atoms with Crippen LogP contribution in [0.25, 0.3) is 0 Å². The summed E-state index contributed by atoms with van der Waals surface area (Å²) in [4.78, 5) is 39.9. The zero-order chi connectivity index (χ0) is 15.4. The van der Waals surface area contributed by atoms with Gasteiger partial charge in [0.15, 0.2) is 0 Å². The first-order valence-electron chi connectivity index (χ1n) is 7.80. The molecule has 0 aromatic heterocycles. The summed E-state index contributed by atoms with van der Waals surface area (Å²) in [6.07, 6.45) is 3.96. The molecule has 3 aliphatic rings. The van der Waals surface area contributed by atoms with Crippen LogP contribution in [0.4, 0.5) is 4.79 Å². The Balaban J connectivity index is 1.70. The second-order valence-electron chi connectivity index (χ2n) is 6.92. The van der Waals surface area contributed by atoms with Gasteiger partial charge in [0.2, 0.25) is 5.91 Å². The van der Waals surface area contributed by atoms with Gasteiger partial charge in [0.05, 0.1) is 0 Å². The van der Waals surface area contributed by atoms with Crippen LogP contribution in [-0.4, -0.2) is 51.8 Å². The molecule has 1 unspecified atom stereocenters. The largest absolute Gasteiger partial charge is 0.336 e. The van der Waals surface area contributed by atoms with Crippen LogP contribution < -0.4 is 5.32 Å². The number of hydrogen-bond acceptors (Lipinski definition) is 3. The highest BCUT2D eigenvalue weighted by Crippen LogP contribution is 2.42. The fourth-order valence-corrected chi connectivity index (χ4v) is 3.28. The molecule has 116 valence electrons. The molecule has 6 nitrogen and oxygen atoms in total. The van der Waals surface area contributed by atoms with Crippen LogP contribution in [0.5, 0.6) is 0 Å². The molecule has 1 heterocycles. The Hall–Kier alpha value is -1.59. The third-order valence-electron chi connectivity index (χ3n) is 4.77. The number of rotatable bonds is 5. The minimum Gasteiger partial charge on any atom is -0.336 e. The van der Waals surface area contributed by atoms with Crippen LogP contribution >= 0.6 is 0 Å². The van der Waals surface area contributed by atoms with Crippen molar-refractivity contribution in [1.29, 1.82) is 0 Å². The Morgan fingerprint density at radius 1 is 1.33 bits per heavy atom. The van der Waals surface area contributed by atoms with E-state index < -0.39 is 11.6 Å². The van der Waals surface area contributed by atoms with E-state index in [1.165, 1.54) is 0 Å². The summed E-state index contributed by atoms with van der Waals surface area (Å²) in [5, 5.41) is 2.78. The molecule has 0 aromatic rings. The molecule has 3 rings (SSSR count). The molecule has 0 spiro atoms. The SMILES string of the molecule is CC(C)N(C(=O)CN1C(=O)NC(C)(C2CC2)C1=O)C1CC1. The highest BCUT2D eigenvalue weighted by atomic mass is 16.2. The normalized spacial score (nSPS) is 29.0. The van der Waals surface area contributed by atoms with Crippen LogP contribution in [0.1, 0.15) is 46.5 Å². The highest BCUT2D eigenvalue weighted by Gasteiger charge is 2.56. The number of carbonyl (C=O) groups excluding carboxylic acids is 3. The number of imide groups is 1. The van der Waals surface area contributed by atoms with Crippen molar-refractivity contribution in [1.82, 2.24) is 15.1 Å². The minimum atomic E-state index is -0.806. The second-order valence-corrected chi connectivity index (χ2v) is 6.92. The molecule has 1 saturated heterocycles. The first-order chi connectivity index (χ1) is 9.84. The molecule has 1 aliphatic heterocycles. The smallest absolute Gasteiger partial charge is 0.325 e. The van der Waals surface area contributed by atoms with E-state index in [1.807, 2.05) is 18.7 Å². The maximum Gasteiger partial charge on any atom is 0.325 e. The van der Waals surface area contributed by atoms with Gasteiger partial charge in [0.1, 0.15) is 12.1 Å². The van der Waals surface area contributed by atoms with E-state index in [-0.39, 0.29) is 36.4 Å². The summed E-state index contributed by atoms with van der Waals surface area (Å²) >= 11 is 0. The Kier molecular flexibility index (Phi) is 3.22. The average molecular weight is 293 g/mol. The van der Waals surface area contributed by atoms with E-state index in [2.05, 4.69) is 5.32 Å². The summed E-state index contributed by atoms with van der Waals surface area (Å²) in [6.45, 7) is 5.57. The van der Waals surface area contributed by atoms with Crippen molar-refractivity contribution in [3.63, 3.8) is 0 Å². The Bertz CT molecular complexity index is 494. The Labute approximate surface area is 124 Å². The molecule has 3 fully saturated rings. The lowest BCUT2D eigenvalue weighted by molar-refractivity contribution is -0.140. The second kappa shape index (κ2) is 4.71. The van der Waals surface area contributed by atoms with Crippen molar-refractivity contribution in [2.75, 3.05) is 6.54 Å². The fourth-order valence-electron chi connectivity index (χ4n) is 3.28. The van der Waals surface area contributed by atoms with Gasteiger partial charge in [-0.15, -0.1) is 0 Å². The van der Waals surface area contributed by atoms with E-state index in [9.17, 15) is 14.4 Å². The molecule has 0 bridgehead atoms. The molecular weight excluding hydrogens is 270 g/mol. The van der Waals surface area contributed by atoms with Gasteiger partial charge in [-0.05, 0) is 52.4 Å². The van der Waals surface area contributed by atoms with E-state index in [1.54, 1.807) is 6.92 Å². The summed E-state index contributed by atoms with van der Waals surface area (Å²) in [5.74, 6) is -0.155. The predicted octanol–water partition coefficient (Wildman–Crippen LogP) is 1.11. The summed E-state index contributed by atoms with van der Waals surface area (Å²) in [5.41, 5.74) is -0.806. The van der Waals surface area contributed by atoms with Crippen molar-refractivity contribution in [2.45, 2.75) is 64.1 Å².